The van der Waals surface area contributed by atoms with Crippen molar-refractivity contribution in [3.8, 4) is 5.75 Å². The number of rotatable bonds is 6. The lowest BCUT2D eigenvalue weighted by atomic mass is 10.0. The van der Waals surface area contributed by atoms with Crippen molar-refractivity contribution < 1.29 is 4.74 Å². The van der Waals surface area contributed by atoms with Crippen molar-refractivity contribution >= 4 is 0 Å². The molecule has 0 aliphatic rings. The maximum atomic E-state index is 5.39. The summed E-state index contributed by atoms with van der Waals surface area (Å²) in [5, 5.41) is 3.26. The molecule has 2 nitrogen and oxygen atoms in total. The van der Waals surface area contributed by atoms with Gasteiger partial charge in [-0.1, -0.05) is 19.1 Å². The van der Waals surface area contributed by atoms with Crippen molar-refractivity contribution in [2.24, 2.45) is 0 Å². The van der Waals surface area contributed by atoms with Crippen LogP contribution in [0.5, 0.6) is 5.75 Å². The van der Waals surface area contributed by atoms with E-state index in [-0.39, 0.29) is 0 Å². The van der Waals surface area contributed by atoms with Crippen molar-refractivity contribution in [1.29, 1.82) is 0 Å². The zero-order valence-electron chi connectivity index (χ0n) is 10.8. The molecule has 1 N–H and O–H groups in total. The Kier molecular flexibility index (Phi) is 5.33. The third kappa shape index (κ3) is 3.53. The maximum absolute atomic E-state index is 5.39. The second kappa shape index (κ2) is 6.54. The summed E-state index contributed by atoms with van der Waals surface area (Å²) in [4.78, 5) is 0. The van der Waals surface area contributed by atoms with Crippen LogP contribution in [-0.4, -0.2) is 20.2 Å². The van der Waals surface area contributed by atoms with Crippen LogP contribution >= 0.6 is 0 Å². The van der Waals surface area contributed by atoms with E-state index in [4.69, 9.17) is 4.74 Å². The molecule has 0 saturated heterocycles. The van der Waals surface area contributed by atoms with Crippen molar-refractivity contribution in [3.63, 3.8) is 0 Å². The standard InChI is InChI=1S/C14H23NO/c1-5-12-7-9-14(16-4)13(10-12)8-6-11(2)15-3/h7,9-11,15H,5-6,8H2,1-4H3. The zero-order chi connectivity index (χ0) is 12.0. The first-order chi connectivity index (χ1) is 7.71. The molecule has 90 valence electrons. The molecule has 0 heterocycles. The second-order valence-corrected chi connectivity index (χ2v) is 4.23. The highest BCUT2D eigenvalue weighted by Crippen LogP contribution is 2.22. The maximum Gasteiger partial charge on any atom is 0.122 e. The van der Waals surface area contributed by atoms with Gasteiger partial charge in [-0.3, -0.25) is 0 Å². The van der Waals surface area contributed by atoms with Crippen molar-refractivity contribution in [2.75, 3.05) is 14.2 Å². The summed E-state index contributed by atoms with van der Waals surface area (Å²) in [6, 6.07) is 7.04. The fourth-order valence-electron chi connectivity index (χ4n) is 1.76. The van der Waals surface area contributed by atoms with E-state index < -0.39 is 0 Å². The molecule has 0 spiro atoms. The van der Waals surface area contributed by atoms with Gasteiger partial charge >= 0.3 is 0 Å². The largest absolute Gasteiger partial charge is 0.496 e. The summed E-state index contributed by atoms with van der Waals surface area (Å²) in [7, 11) is 3.75. The summed E-state index contributed by atoms with van der Waals surface area (Å²) in [6.45, 7) is 4.39. The first kappa shape index (κ1) is 13.0. The summed E-state index contributed by atoms with van der Waals surface area (Å²) < 4.78 is 5.39. The molecule has 1 unspecified atom stereocenters. The van der Waals surface area contributed by atoms with Crippen LogP contribution in [0.25, 0.3) is 0 Å². The normalized spacial score (nSPS) is 12.5. The highest BCUT2D eigenvalue weighted by Gasteiger charge is 2.06. The van der Waals surface area contributed by atoms with Gasteiger partial charge in [-0.15, -0.1) is 0 Å². The number of hydrogen-bond donors (Lipinski definition) is 1. The molecule has 1 aromatic rings. The molecular weight excluding hydrogens is 198 g/mol. The molecule has 0 bridgehead atoms. The van der Waals surface area contributed by atoms with E-state index in [0.29, 0.717) is 6.04 Å². The number of methoxy groups -OCH3 is 1. The topological polar surface area (TPSA) is 21.3 Å². The minimum atomic E-state index is 0.551. The predicted octanol–water partition coefficient (Wildman–Crippen LogP) is 2.80. The van der Waals surface area contributed by atoms with Gasteiger partial charge in [0.25, 0.3) is 0 Å². The van der Waals surface area contributed by atoms with Crippen LogP contribution in [-0.2, 0) is 12.8 Å². The molecule has 0 radical (unpaired) electrons. The highest BCUT2D eigenvalue weighted by atomic mass is 16.5. The van der Waals surface area contributed by atoms with Crippen LogP contribution in [0.15, 0.2) is 18.2 Å². The van der Waals surface area contributed by atoms with Gasteiger partial charge in [0.2, 0.25) is 0 Å². The van der Waals surface area contributed by atoms with Gasteiger partial charge in [0.05, 0.1) is 7.11 Å². The fourth-order valence-corrected chi connectivity index (χ4v) is 1.76. The lowest BCUT2D eigenvalue weighted by Crippen LogP contribution is -2.21. The molecule has 16 heavy (non-hydrogen) atoms. The quantitative estimate of drug-likeness (QED) is 0.797. The zero-order valence-corrected chi connectivity index (χ0v) is 10.8. The number of ether oxygens (including phenoxy) is 1. The molecule has 2 heteroatoms. The average molecular weight is 221 g/mol. The highest BCUT2D eigenvalue weighted by molar-refractivity contribution is 5.37. The van der Waals surface area contributed by atoms with E-state index in [9.17, 15) is 0 Å². The number of nitrogens with one attached hydrogen (secondary N) is 1. The van der Waals surface area contributed by atoms with E-state index in [1.807, 2.05) is 7.05 Å². The van der Waals surface area contributed by atoms with E-state index in [1.54, 1.807) is 7.11 Å². The smallest absolute Gasteiger partial charge is 0.122 e. The van der Waals surface area contributed by atoms with E-state index in [1.165, 1.54) is 11.1 Å². The summed E-state index contributed by atoms with van der Waals surface area (Å²) in [5.41, 5.74) is 2.71. The van der Waals surface area contributed by atoms with Crippen LogP contribution in [0, 0.1) is 0 Å². The minimum Gasteiger partial charge on any atom is -0.496 e. The molecule has 1 atom stereocenters. The van der Waals surface area contributed by atoms with E-state index in [0.717, 1.165) is 25.0 Å². The molecule has 0 saturated carbocycles. The lowest BCUT2D eigenvalue weighted by molar-refractivity contribution is 0.407. The Morgan fingerprint density at radius 2 is 2.12 bits per heavy atom. The van der Waals surface area contributed by atoms with Gasteiger partial charge < -0.3 is 10.1 Å². The summed E-state index contributed by atoms with van der Waals surface area (Å²) in [6.07, 6.45) is 3.29. The monoisotopic (exact) mass is 221 g/mol. The van der Waals surface area contributed by atoms with Crippen LogP contribution in [0.1, 0.15) is 31.4 Å². The van der Waals surface area contributed by atoms with Gasteiger partial charge in [0.15, 0.2) is 0 Å². The molecule has 0 aliphatic heterocycles. The second-order valence-electron chi connectivity index (χ2n) is 4.23. The van der Waals surface area contributed by atoms with Crippen LogP contribution in [0.2, 0.25) is 0 Å². The Morgan fingerprint density at radius 1 is 1.38 bits per heavy atom. The average Bonchev–Trinajstić information content (AvgIpc) is 2.35. The molecule has 0 fully saturated rings. The summed E-state index contributed by atoms with van der Waals surface area (Å²) in [5.74, 6) is 1.01. The number of aryl methyl sites for hydroxylation is 2. The van der Waals surface area contributed by atoms with Gasteiger partial charge in [0, 0.05) is 6.04 Å². The van der Waals surface area contributed by atoms with Crippen LogP contribution in [0.4, 0.5) is 0 Å². The third-order valence-electron chi connectivity index (χ3n) is 3.09. The molecule has 0 aliphatic carbocycles. The SMILES string of the molecule is CCc1ccc(OC)c(CCC(C)NC)c1. The molecule has 1 rings (SSSR count). The van der Waals surface area contributed by atoms with Gasteiger partial charge in [0.1, 0.15) is 5.75 Å². The minimum absolute atomic E-state index is 0.551. The predicted molar refractivity (Wildman–Crippen MR) is 69.2 cm³/mol. The van der Waals surface area contributed by atoms with Crippen LogP contribution < -0.4 is 10.1 Å². The van der Waals surface area contributed by atoms with Crippen molar-refractivity contribution in [2.45, 2.75) is 39.2 Å². The lowest BCUT2D eigenvalue weighted by Gasteiger charge is -2.13. The first-order valence-corrected chi connectivity index (χ1v) is 6.04. The van der Waals surface area contributed by atoms with Gasteiger partial charge in [-0.2, -0.15) is 0 Å². The molecule has 0 aromatic heterocycles. The fraction of sp³-hybridized carbons (Fsp3) is 0.571. The Morgan fingerprint density at radius 3 is 2.69 bits per heavy atom. The number of benzene rings is 1. The molecule has 1 aromatic carbocycles. The van der Waals surface area contributed by atoms with Crippen LogP contribution in [0.3, 0.4) is 0 Å². The third-order valence-corrected chi connectivity index (χ3v) is 3.09. The Bertz CT molecular complexity index is 323. The molecule has 0 amide bonds. The van der Waals surface area contributed by atoms with Gasteiger partial charge in [-0.25, -0.2) is 0 Å². The Labute approximate surface area is 99.0 Å². The Hall–Kier alpha value is -1.02. The van der Waals surface area contributed by atoms with E-state index >= 15 is 0 Å². The Balaban J connectivity index is 2.75. The summed E-state index contributed by atoms with van der Waals surface area (Å²) >= 11 is 0. The molecular formula is C14H23NO. The van der Waals surface area contributed by atoms with E-state index in [2.05, 4.69) is 37.4 Å². The van der Waals surface area contributed by atoms with Gasteiger partial charge in [-0.05, 0) is 50.4 Å². The number of hydrogen-bond acceptors (Lipinski definition) is 2. The van der Waals surface area contributed by atoms with Crippen molar-refractivity contribution in [1.82, 2.24) is 5.32 Å². The van der Waals surface area contributed by atoms with Crippen molar-refractivity contribution in [3.05, 3.63) is 29.3 Å². The first-order valence-electron chi connectivity index (χ1n) is 6.04.